The summed E-state index contributed by atoms with van der Waals surface area (Å²) in [6, 6.07) is 6.40. The van der Waals surface area contributed by atoms with E-state index in [2.05, 4.69) is 13.8 Å². The Balaban J connectivity index is 2.42. The van der Waals surface area contributed by atoms with E-state index in [4.69, 9.17) is 10.00 Å². The molecule has 0 heterocycles. The average Bonchev–Trinajstić information content (AvgIpc) is 2.44. The minimum atomic E-state index is -0.472. The lowest BCUT2D eigenvalue weighted by atomic mass is 10.0. The Morgan fingerprint density at radius 2 is 2.16 bits per heavy atom. The van der Waals surface area contributed by atoms with Crippen molar-refractivity contribution >= 4 is 0 Å². The monoisotopic (exact) mass is 263 g/mol. The molecule has 1 atom stereocenters. The van der Waals surface area contributed by atoms with Crippen LogP contribution in [-0.2, 0) is 11.3 Å². The number of unbranched alkanes of at least 4 members (excludes halogenated alkanes) is 1. The molecule has 2 nitrogen and oxygen atoms in total. The molecular weight excluding hydrogens is 241 g/mol. The summed E-state index contributed by atoms with van der Waals surface area (Å²) in [6.45, 7) is 5.54. The summed E-state index contributed by atoms with van der Waals surface area (Å²) in [5, 5.41) is 8.76. The van der Waals surface area contributed by atoms with Crippen LogP contribution < -0.4 is 0 Å². The second kappa shape index (κ2) is 8.66. The van der Waals surface area contributed by atoms with Gasteiger partial charge in [0.05, 0.1) is 12.2 Å². The van der Waals surface area contributed by atoms with Gasteiger partial charge in [-0.15, -0.1) is 0 Å². The molecule has 1 rings (SSSR count). The molecule has 1 aromatic carbocycles. The van der Waals surface area contributed by atoms with E-state index >= 15 is 0 Å². The molecular formula is C16H22FNO. The number of benzene rings is 1. The second-order valence-electron chi connectivity index (χ2n) is 4.86. The highest BCUT2D eigenvalue weighted by atomic mass is 19.1. The van der Waals surface area contributed by atoms with Crippen LogP contribution in [0.5, 0.6) is 0 Å². The standard InChI is InChI=1S/C16H22FNO/c1-3-5-6-13(4-2)11-19-12-14-7-8-16(17)15(9-14)10-18/h7-9,13H,3-6,11-12H2,1-2H3. The van der Waals surface area contributed by atoms with Gasteiger partial charge in [-0.3, -0.25) is 0 Å². The summed E-state index contributed by atoms with van der Waals surface area (Å²) >= 11 is 0. The number of nitrogens with zero attached hydrogens (tertiary/aromatic N) is 1. The van der Waals surface area contributed by atoms with Gasteiger partial charge in [0.2, 0.25) is 0 Å². The molecule has 0 aromatic heterocycles. The van der Waals surface area contributed by atoms with Crippen molar-refractivity contribution in [2.75, 3.05) is 6.61 Å². The third-order valence-corrected chi connectivity index (χ3v) is 3.32. The van der Waals surface area contributed by atoms with Crippen LogP contribution in [0.15, 0.2) is 18.2 Å². The minimum absolute atomic E-state index is 0.0825. The van der Waals surface area contributed by atoms with Crippen molar-refractivity contribution in [3.8, 4) is 6.07 Å². The zero-order valence-electron chi connectivity index (χ0n) is 11.8. The van der Waals surface area contributed by atoms with Gasteiger partial charge in [-0.05, 0) is 30.0 Å². The highest BCUT2D eigenvalue weighted by Gasteiger charge is 2.07. The number of hydrogen-bond donors (Lipinski definition) is 0. The van der Waals surface area contributed by atoms with Crippen LogP contribution in [0.3, 0.4) is 0 Å². The molecule has 0 N–H and O–H groups in total. The summed E-state index contributed by atoms with van der Waals surface area (Å²) in [5.41, 5.74) is 0.933. The predicted molar refractivity (Wildman–Crippen MR) is 74.1 cm³/mol. The Labute approximate surface area is 115 Å². The molecule has 0 spiro atoms. The first-order valence-electron chi connectivity index (χ1n) is 6.97. The Morgan fingerprint density at radius 3 is 2.79 bits per heavy atom. The molecule has 0 fully saturated rings. The fourth-order valence-electron chi connectivity index (χ4n) is 1.99. The maximum absolute atomic E-state index is 13.2. The summed E-state index contributed by atoms with van der Waals surface area (Å²) in [5.74, 6) is 0.122. The zero-order valence-corrected chi connectivity index (χ0v) is 11.8. The first kappa shape index (κ1) is 15.7. The van der Waals surface area contributed by atoms with Crippen molar-refractivity contribution in [2.24, 2.45) is 5.92 Å². The van der Waals surface area contributed by atoms with Gasteiger partial charge < -0.3 is 4.74 Å². The highest BCUT2D eigenvalue weighted by molar-refractivity contribution is 5.34. The zero-order chi connectivity index (χ0) is 14.1. The lowest BCUT2D eigenvalue weighted by Gasteiger charge is -2.14. The van der Waals surface area contributed by atoms with E-state index in [0.29, 0.717) is 12.5 Å². The molecule has 0 radical (unpaired) electrons. The molecule has 0 saturated heterocycles. The van der Waals surface area contributed by atoms with Crippen molar-refractivity contribution in [3.63, 3.8) is 0 Å². The third-order valence-electron chi connectivity index (χ3n) is 3.32. The number of halogens is 1. The van der Waals surface area contributed by atoms with Gasteiger partial charge in [0.25, 0.3) is 0 Å². The van der Waals surface area contributed by atoms with E-state index in [1.807, 2.05) is 6.07 Å². The van der Waals surface area contributed by atoms with E-state index in [-0.39, 0.29) is 5.56 Å². The van der Waals surface area contributed by atoms with Crippen LogP contribution in [0.1, 0.15) is 50.7 Å². The fraction of sp³-hybridized carbons (Fsp3) is 0.562. The Bertz CT molecular complexity index is 425. The lowest BCUT2D eigenvalue weighted by Crippen LogP contribution is -2.09. The maximum atomic E-state index is 13.2. The van der Waals surface area contributed by atoms with Crippen LogP contribution >= 0.6 is 0 Å². The van der Waals surface area contributed by atoms with Crippen molar-refractivity contribution in [3.05, 3.63) is 35.1 Å². The lowest BCUT2D eigenvalue weighted by molar-refractivity contribution is 0.0819. The molecule has 0 bridgehead atoms. The summed E-state index contributed by atoms with van der Waals surface area (Å²) < 4.78 is 18.8. The first-order valence-corrected chi connectivity index (χ1v) is 6.97. The van der Waals surface area contributed by atoms with Gasteiger partial charge in [0.1, 0.15) is 11.9 Å². The molecule has 0 saturated carbocycles. The van der Waals surface area contributed by atoms with Crippen molar-refractivity contribution in [1.29, 1.82) is 5.26 Å². The summed E-state index contributed by atoms with van der Waals surface area (Å²) in [4.78, 5) is 0. The molecule has 0 aliphatic carbocycles. The van der Waals surface area contributed by atoms with Gasteiger partial charge in [-0.25, -0.2) is 4.39 Å². The molecule has 0 aliphatic rings. The maximum Gasteiger partial charge on any atom is 0.140 e. The molecule has 104 valence electrons. The predicted octanol–water partition coefficient (Wildman–Crippen LogP) is 4.43. The van der Waals surface area contributed by atoms with Crippen molar-refractivity contribution in [1.82, 2.24) is 0 Å². The normalized spacial score (nSPS) is 12.1. The van der Waals surface area contributed by atoms with Gasteiger partial charge in [-0.1, -0.05) is 39.2 Å². The fourth-order valence-corrected chi connectivity index (χ4v) is 1.99. The summed E-state index contributed by atoms with van der Waals surface area (Å²) in [6.07, 6.45) is 4.75. The van der Waals surface area contributed by atoms with Crippen LogP contribution in [0.4, 0.5) is 4.39 Å². The number of nitriles is 1. The minimum Gasteiger partial charge on any atom is -0.376 e. The van der Waals surface area contributed by atoms with E-state index in [9.17, 15) is 4.39 Å². The quantitative estimate of drug-likeness (QED) is 0.695. The van der Waals surface area contributed by atoms with Gasteiger partial charge in [-0.2, -0.15) is 5.26 Å². The number of hydrogen-bond acceptors (Lipinski definition) is 2. The SMILES string of the molecule is CCCCC(CC)COCc1ccc(F)c(C#N)c1. The largest absolute Gasteiger partial charge is 0.376 e. The second-order valence-corrected chi connectivity index (χ2v) is 4.86. The van der Waals surface area contributed by atoms with E-state index in [1.165, 1.54) is 25.3 Å². The molecule has 19 heavy (non-hydrogen) atoms. The van der Waals surface area contributed by atoms with Crippen LogP contribution in [0, 0.1) is 23.1 Å². The van der Waals surface area contributed by atoms with E-state index < -0.39 is 5.82 Å². The molecule has 1 unspecified atom stereocenters. The van der Waals surface area contributed by atoms with Crippen LogP contribution in [0.2, 0.25) is 0 Å². The van der Waals surface area contributed by atoms with Crippen LogP contribution in [0.25, 0.3) is 0 Å². The average molecular weight is 263 g/mol. The Morgan fingerprint density at radius 1 is 1.37 bits per heavy atom. The Hall–Kier alpha value is -1.40. The van der Waals surface area contributed by atoms with Gasteiger partial charge >= 0.3 is 0 Å². The van der Waals surface area contributed by atoms with E-state index in [1.54, 1.807) is 12.1 Å². The molecule has 1 aromatic rings. The number of ether oxygens (including phenoxy) is 1. The molecule has 0 aliphatic heterocycles. The highest BCUT2D eigenvalue weighted by Crippen LogP contribution is 2.15. The Kier molecular flexibility index (Phi) is 7.14. The topological polar surface area (TPSA) is 33.0 Å². The summed E-state index contributed by atoms with van der Waals surface area (Å²) in [7, 11) is 0. The van der Waals surface area contributed by atoms with Gasteiger partial charge in [0, 0.05) is 6.61 Å². The van der Waals surface area contributed by atoms with E-state index in [0.717, 1.165) is 18.6 Å². The smallest absolute Gasteiger partial charge is 0.140 e. The van der Waals surface area contributed by atoms with Gasteiger partial charge in [0.15, 0.2) is 0 Å². The molecule has 3 heteroatoms. The molecule has 0 amide bonds. The third kappa shape index (κ3) is 5.40. The first-order chi connectivity index (χ1) is 9.21. The number of rotatable bonds is 8. The van der Waals surface area contributed by atoms with Crippen molar-refractivity contribution < 1.29 is 9.13 Å². The van der Waals surface area contributed by atoms with Crippen LogP contribution in [-0.4, -0.2) is 6.61 Å². The van der Waals surface area contributed by atoms with Crippen molar-refractivity contribution in [2.45, 2.75) is 46.1 Å².